The van der Waals surface area contributed by atoms with Crippen molar-refractivity contribution < 1.29 is 27.9 Å². The molecule has 9 heteroatoms. The first kappa shape index (κ1) is 21.2. The fourth-order valence-corrected chi connectivity index (χ4v) is 4.40. The van der Waals surface area contributed by atoms with E-state index in [0.29, 0.717) is 18.6 Å². The molecule has 1 N–H and O–H groups in total. The van der Waals surface area contributed by atoms with Gasteiger partial charge in [0.15, 0.2) is 0 Å². The Balaban J connectivity index is 2.05. The van der Waals surface area contributed by atoms with Gasteiger partial charge in [-0.15, -0.1) is 0 Å². The molecule has 0 unspecified atom stereocenters. The van der Waals surface area contributed by atoms with E-state index in [-0.39, 0.29) is 23.9 Å². The minimum atomic E-state index is -3.64. The third-order valence-electron chi connectivity index (χ3n) is 5.19. The summed E-state index contributed by atoms with van der Waals surface area (Å²) in [6.07, 6.45) is 0.711. The van der Waals surface area contributed by atoms with Gasteiger partial charge in [0.25, 0.3) is 0 Å². The van der Waals surface area contributed by atoms with Crippen molar-refractivity contribution in [3.05, 3.63) is 24.3 Å². The second-order valence-electron chi connectivity index (χ2n) is 7.12. The first-order valence-corrected chi connectivity index (χ1v) is 10.1. The van der Waals surface area contributed by atoms with Crippen LogP contribution in [0.2, 0.25) is 0 Å². The van der Waals surface area contributed by atoms with Crippen LogP contribution in [-0.4, -0.2) is 67.4 Å². The maximum Gasteiger partial charge on any atom is 0.329 e. The van der Waals surface area contributed by atoms with Crippen LogP contribution in [-0.2, 0) is 19.6 Å². The minimum Gasteiger partial charge on any atom is -0.497 e. The van der Waals surface area contributed by atoms with Crippen molar-refractivity contribution in [3.63, 3.8) is 0 Å². The van der Waals surface area contributed by atoms with E-state index in [1.54, 1.807) is 12.1 Å². The molecule has 1 aromatic rings. The number of rotatable bonds is 6. The lowest BCUT2D eigenvalue weighted by molar-refractivity contribution is -0.157. The number of piperidine rings is 1. The van der Waals surface area contributed by atoms with Crippen molar-refractivity contribution in [2.24, 2.45) is 5.92 Å². The van der Waals surface area contributed by atoms with Crippen LogP contribution in [0.15, 0.2) is 29.2 Å². The van der Waals surface area contributed by atoms with Gasteiger partial charge >= 0.3 is 5.97 Å². The molecule has 150 valence electrons. The predicted molar refractivity (Wildman–Crippen MR) is 99.0 cm³/mol. The smallest absolute Gasteiger partial charge is 0.329 e. The van der Waals surface area contributed by atoms with Crippen LogP contribution in [0.4, 0.5) is 0 Å². The molecule has 1 saturated heterocycles. The van der Waals surface area contributed by atoms with Crippen LogP contribution < -0.4 is 4.74 Å². The average Bonchev–Trinajstić information content (AvgIpc) is 2.66. The third-order valence-corrected chi connectivity index (χ3v) is 7.11. The topological polar surface area (TPSA) is 104 Å². The second-order valence-corrected chi connectivity index (χ2v) is 9.05. The Morgan fingerprint density at radius 1 is 1.19 bits per heavy atom. The Morgan fingerprint density at radius 2 is 1.70 bits per heavy atom. The van der Waals surface area contributed by atoms with Gasteiger partial charge in [-0.05, 0) is 51.0 Å². The molecule has 1 aliphatic rings. The summed E-state index contributed by atoms with van der Waals surface area (Å²) >= 11 is 0. The lowest BCUT2D eigenvalue weighted by atomic mass is 9.94. The number of hydrogen-bond donors (Lipinski definition) is 1. The highest BCUT2D eigenvalue weighted by Gasteiger charge is 2.40. The molecule has 0 spiro atoms. The lowest BCUT2D eigenvalue weighted by Gasteiger charge is -2.37. The largest absolute Gasteiger partial charge is 0.497 e. The fraction of sp³-hybridized carbons (Fsp3) is 0.556. The van der Waals surface area contributed by atoms with Gasteiger partial charge in [0.1, 0.15) is 11.3 Å². The summed E-state index contributed by atoms with van der Waals surface area (Å²) in [5.41, 5.74) is -1.32. The van der Waals surface area contributed by atoms with E-state index < -0.39 is 27.4 Å². The summed E-state index contributed by atoms with van der Waals surface area (Å²) in [7, 11) is -0.662. The Bertz CT molecular complexity index is 796. The van der Waals surface area contributed by atoms with Crippen molar-refractivity contribution in [3.8, 4) is 5.75 Å². The second kappa shape index (κ2) is 7.85. The number of carbonyl (C=O) groups excluding carboxylic acids is 1. The van der Waals surface area contributed by atoms with Crippen molar-refractivity contribution >= 4 is 21.9 Å². The summed E-state index contributed by atoms with van der Waals surface area (Å²) in [6, 6.07) is 6.17. The zero-order valence-corrected chi connectivity index (χ0v) is 16.8. The predicted octanol–water partition coefficient (Wildman–Crippen LogP) is 1.42. The summed E-state index contributed by atoms with van der Waals surface area (Å²) in [5, 5.41) is 9.28. The van der Waals surface area contributed by atoms with E-state index in [9.17, 15) is 23.1 Å². The fourth-order valence-electron chi connectivity index (χ4n) is 2.93. The molecule has 27 heavy (non-hydrogen) atoms. The number of carboxylic acid groups (broad SMARTS) is 1. The van der Waals surface area contributed by atoms with Crippen molar-refractivity contribution in [1.29, 1.82) is 0 Å². The summed E-state index contributed by atoms with van der Waals surface area (Å²) in [4.78, 5) is 25.4. The molecule has 8 nitrogen and oxygen atoms in total. The molecule has 0 aliphatic carbocycles. The average molecular weight is 398 g/mol. The van der Waals surface area contributed by atoms with Crippen LogP contribution >= 0.6 is 0 Å². The number of amides is 1. The summed E-state index contributed by atoms with van der Waals surface area (Å²) in [6.45, 7) is 3.37. The Morgan fingerprint density at radius 3 is 2.15 bits per heavy atom. The third kappa shape index (κ3) is 4.24. The maximum absolute atomic E-state index is 12.8. The molecule has 2 rings (SSSR count). The molecule has 1 amide bonds. The first-order chi connectivity index (χ1) is 12.5. The SMILES string of the molecule is COc1ccc(S(=O)(=O)N2CCC(C(=O)N(C)C(C)(C)C(=O)O)CC2)cc1. The molecule has 0 bridgehead atoms. The number of ether oxygens (including phenoxy) is 1. The van der Waals surface area contributed by atoms with Crippen molar-refractivity contribution in [2.75, 3.05) is 27.2 Å². The van der Waals surface area contributed by atoms with Gasteiger partial charge in [0.2, 0.25) is 15.9 Å². The van der Waals surface area contributed by atoms with Crippen LogP contribution in [0.5, 0.6) is 5.75 Å². The quantitative estimate of drug-likeness (QED) is 0.777. The molecule has 1 fully saturated rings. The molecular formula is C18H26N2O6S. The number of benzene rings is 1. The zero-order chi connectivity index (χ0) is 20.4. The van der Waals surface area contributed by atoms with Crippen molar-refractivity contribution in [1.82, 2.24) is 9.21 Å². The van der Waals surface area contributed by atoms with E-state index in [1.165, 1.54) is 49.3 Å². The number of sulfonamides is 1. The number of nitrogens with zero attached hydrogens (tertiary/aromatic N) is 2. The Hall–Kier alpha value is -2.13. The Kier molecular flexibility index (Phi) is 6.16. The monoisotopic (exact) mass is 398 g/mol. The molecule has 1 aliphatic heterocycles. The van der Waals surface area contributed by atoms with E-state index in [4.69, 9.17) is 4.74 Å². The summed E-state index contributed by atoms with van der Waals surface area (Å²) in [5.74, 6) is -1.18. The molecular weight excluding hydrogens is 372 g/mol. The first-order valence-electron chi connectivity index (χ1n) is 8.67. The standard InChI is InChI=1S/C18H26N2O6S/c1-18(2,17(22)23)19(3)16(21)13-9-11-20(12-10-13)27(24,25)15-7-5-14(26-4)6-8-15/h5-8,13H,9-12H2,1-4H3,(H,22,23). The van der Waals surface area contributed by atoms with Gasteiger partial charge in [-0.1, -0.05) is 0 Å². The van der Waals surface area contributed by atoms with E-state index in [1.807, 2.05) is 0 Å². The molecule has 0 radical (unpaired) electrons. The molecule has 1 aromatic carbocycles. The van der Waals surface area contributed by atoms with Crippen LogP contribution in [0.25, 0.3) is 0 Å². The summed E-state index contributed by atoms with van der Waals surface area (Å²) < 4.78 is 31.9. The lowest BCUT2D eigenvalue weighted by Crippen LogP contribution is -2.54. The van der Waals surface area contributed by atoms with E-state index >= 15 is 0 Å². The van der Waals surface area contributed by atoms with Gasteiger partial charge in [-0.2, -0.15) is 4.31 Å². The number of hydrogen-bond acceptors (Lipinski definition) is 5. The molecule has 1 heterocycles. The Labute approximate surface area is 159 Å². The molecule has 0 saturated carbocycles. The highest BCUT2D eigenvalue weighted by atomic mass is 32.2. The normalized spacial score (nSPS) is 16.7. The molecule has 0 atom stereocenters. The number of carbonyl (C=O) groups is 2. The zero-order valence-electron chi connectivity index (χ0n) is 16.0. The molecule has 0 aromatic heterocycles. The maximum atomic E-state index is 12.8. The van der Waals surface area contributed by atoms with Crippen molar-refractivity contribution in [2.45, 2.75) is 37.1 Å². The minimum absolute atomic E-state index is 0.178. The van der Waals surface area contributed by atoms with Crippen LogP contribution in [0.3, 0.4) is 0 Å². The van der Waals surface area contributed by atoms with Crippen LogP contribution in [0.1, 0.15) is 26.7 Å². The van der Waals surface area contributed by atoms with Gasteiger partial charge < -0.3 is 14.7 Å². The highest BCUT2D eigenvalue weighted by molar-refractivity contribution is 7.89. The van der Waals surface area contributed by atoms with E-state index in [0.717, 1.165) is 0 Å². The van der Waals surface area contributed by atoms with Gasteiger partial charge in [-0.3, -0.25) is 4.79 Å². The number of methoxy groups -OCH3 is 1. The highest BCUT2D eigenvalue weighted by Crippen LogP contribution is 2.27. The van der Waals surface area contributed by atoms with Gasteiger partial charge in [0.05, 0.1) is 12.0 Å². The van der Waals surface area contributed by atoms with Gasteiger partial charge in [-0.25, -0.2) is 13.2 Å². The number of aliphatic carboxylic acids is 1. The van der Waals surface area contributed by atoms with Gasteiger partial charge in [0, 0.05) is 26.1 Å². The van der Waals surface area contributed by atoms with E-state index in [2.05, 4.69) is 0 Å². The number of carboxylic acids is 1. The van der Waals surface area contributed by atoms with Crippen LogP contribution in [0, 0.1) is 5.92 Å². The number of likely N-dealkylation sites (N-methyl/N-ethyl adjacent to an activating group) is 1.